The molecule has 2 nitrogen and oxygen atoms in total. The Morgan fingerprint density at radius 3 is 2.80 bits per heavy atom. The normalized spacial score (nSPS) is 10.3. The van der Waals surface area contributed by atoms with Gasteiger partial charge in [-0.2, -0.15) is 0 Å². The van der Waals surface area contributed by atoms with Crippen LogP contribution in [0.1, 0.15) is 5.56 Å². The van der Waals surface area contributed by atoms with Gasteiger partial charge in [0, 0.05) is 12.1 Å². The van der Waals surface area contributed by atoms with E-state index in [2.05, 4.69) is 5.32 Å². The molecule has 78 valence electrons. The summed E-state index contributed by atoms with van der Waals surface area (Å²) in [5, 5.41) is 4.27. The first-order valence-electron chi connectivity index (χ1n) is 4.46. The molecule has 0 fully saturated rings. The van der Waals surface area contributed by atoms with Gasteiger partial charge in [-0.3, -0.25) is 0 Å². The van der Waals surface area contributed by atoms with Crippen LogP contribution in [0.2, 0.25) is 10.0 Å². The van der Waals surface area contributed by atoms with Crippen LogP contribution < -0.4 is 5.32 Å². The molecule has 15 heavy (non-hydrogen) atoms. The molecule has 1 aromatic heterocycles. The molecule has 0 aliphatic carbocycles. The van der Waals surface area contributed by atoms with E-state index in [0.717, 1.165) is 11.3 Å². The van der Waals surface area contributed by atoms with Crippen molar-refractivity contribution >= 4 is 28.9 Å². The molecule has 2 rings (SSSR count). The van der Waals surface area contributed by atoms with Crippen LogP contribution in [0.4, 0.5) is 5.69 Å². The second-order valence-corrected chi connectivity index (χ2v) is 3.87. The molecule has 4 heteroatoms. The summed E-state index contributed by atoms with van der Waals surface area (Å²) in [6.45, 7) is 0.663. The highest BCUT2D eigenvalue weighted by Crippen LogP contribution is 2.29. The fraction of sp³-hybridized carbons (Fsp3) is 0.0909. The number of hydrogen-bond donors (Lipinski definition) is 1. The molecule has 0 saturated carbocycles. The smallest absolute Gasteiger partial charge is 0.0952 e. The van der Waals surface area contributed by atoms with Crippen molar-refractivity contribution in [3.05, 3.63) is 52.4 Å². The zero-order valence-corrected chi connectivity index (χ0v) is 9.35. The van der Waals surface area contributed by atoms with E-state index in [4.69, 9.17) is 27.6 Å². The predicted molar refractivity (Wildman–Crippen MR) is 62.5 cm³/mol. The van der Waals surface area contributed by atoms with E-state index in [0.29, 0.717) is 16.6 Å². The van der Waals surface area contributed by atoms with Gasteiger partial charge in [-0.05, 0) is 18.2 Å². The second kappa shape index (κ2) is 4.60. The Balaban J connectivity index is 2.08. The number of furan rings is 1. The average Bonchev–Trinajstić information content (AvgIpc) is 2.73. The van der Waals surface area contributed by atoms with E-state index in [-0.39, 0.29) is 0 Å². The van der Waals surface area contributed by atoms with Crippen molar-refractivity contribution in [2.75, 3.05) is 5.32 Å². The van der Waals surface area contributed by atoms with Crippen molar-refractivity contribution < 1.29 is 4.42 Å². The van der Waals surface area contributed by atoms with Gasteiger partial charge in [0.15, 0.2) is 0 Å². The van der Waals surface area contributed by atoms with E-state index in [1.54, 1.807) is 18.6 Å². The molecular weight excluding hydrogens is 233 g/mol. The minimum absolute atomic E-state index is 0.544. The van der Waals surface area contributed by atoms with Gasteiger partial charge >= 0.3 is 0 Å². The van der Waals surface area contributed by atoms with Crippen LogP contribution in [0.15, 0.2) is 41.2 Å². The summed E-state index contributed by atoms with van der Waals surface area (Å²) in [6.07, 6.45) is 3.32. The molecule has 2 aromatic rings. The first-order chi connectivity index (χ1) is 7.27. The fourth-order valence-corrected chi connectivity index (χ4v) is 1.60. The van der Waals surface area contributed by atoms with Crippen molar-refractivity contribution in [3.63, 3.8) is 0 Å². The minimum Gasteiger partial charge on any atom is -0.472 e. The Labute approximate surface area is 97.8 Å². The van der Waals surface area contributed by atoms with Crippen molar-refractivity contribution in [1.82, 2.24) is 0 Å². The highest BCUT2D eigenvalue weighted by atomic mass is 35.5. The molecule has 0 aliphatic heterocycles. The van der Waals surface area contributed by atoms with Crippen molar-refractivity contribution in [1.29, 1.82) is 0 Å². The van der Waals surface area contributed by atoms with Crippen LogP contribution in [-0.4, -0.2) is 0 Å². The van der Waals surface area contributed by atoms with Gasteiger partial charge < -0.3 is 9.73 Å². The van der Waals surface area contributed by atoms with Gasteiger partial charge in [0.25, 0.3) is 0 Å². The number of halogens is 2. The topological polar surface area (TPSA) is 25.2 Å². The van der Waals surface area contributed by atoms with Crippen molar-refractivity contribution in [2.24, 2.45) is 0 Å². The number of hydrogen-bond acceptors (Lipinski definition) is 2. The highest BCUT2D eigenvalue weighted by molar-refractivity contribution is 6.43. The van der Waals surface area contributed by atoms with Crippen molar-refractivity contribution in [2.45, 2.75) is 6.54 Å². The summed E-state index contributed by atoms with van der Waals surface area (Å²) in [6, 6.07) is 7.39. The van der Waals surface area contributed by atoms with E-state index >= 15 is 0 Å². The largest absolute Gasteiger partial charge is 0.472 e. The molecule has 1 aromatic carbocycles. The van der Waals surface area contributed by atoms with Gasteiger partial charge in [0.1, 0.15) is 0 Å². The SMILES string of the molecule is Clc1cccc(NCc2ccoc2)c1Cl. The summed E-state index contributed by atoms with van der Waals surface area (Å²) in [7, 11) is 0. The molecule has 1 N–H and O–H groups in total. The van der Waals surface area contributed by atoms with Gasteiger partial charge in [-0.15, -0.1) is 0 Å². The molecule has 0 amide bonds. The van der Waals surface area contributed by atoms with E-state index < -0.39 is 0 Å². The van der Waals surface area contributed by atoms with Gasteiger partial charge in [0.2, 0.25) is 0 Å². The highest BCUT2D eigenvalue weighted by Gasteiger charge is 2.03. The third-order valence-electron chi connectivity index (χ3n) is 2.01. The summed E-state index contributed by atoms with van der Waals surface area (Å²) >= 11 is 11.9. The monoisotopic (exact) mass is 241 g/mol. The lowest BCUT2D eigenvalue weighted by atomic mass is 10.3. The number of nitrogens with one attached hydrogen (secondary N) is 1. The predicted octanol–water partition coefficient (Wildman–Crippen LogP) is 4.20. The van der Waals surface area contributed by atoms with E-state index in [1.807, 2.05) is 18.2 Å². The van der Waals surface area contributed by atoms with Crippen molar-refractivity contribution in [3.8, 4) is 0 Å². The minimum atomic E-state index is 0.544. The van der Waals surface area contributed by atoms with Crippen LogP contribution >= 0.6 is 23.2 Å². The molecule has 0 radical (unpaired) electrons. The number of benzene rings is 1. The lowest BCUT2D eigenvalue weighted by molar-refractivity contribution is 0.564. The Kier molecular flexibility index (Phi) is 3.19. The van der Waals surface area contributed by atoms with Crippen LogP contribution in [0.25, 0.3) is 0 Å². The van der Waals surface area contributed by atoms with Crippen LogP contribution in [-0.2, 0) is 6.54 Å². The first kappa shape index (κ1) is 10.4. The summed E-state index contributed by atoms with van der Waals surface area (Å²) < 4.78 is 4.96. The molecule has 0 bridgehead atoms. The first-order valence-corrected chi connectivity index (χ1v) is 5.22. The molecule has 0 unspecified atom stereocenters. The molecule has 0 aliphatic rings. The molecular formula is C11H9Cl2NO. The number of anilines is 1. The standard InChI is InChI=1S/C11H9Cl2NO/c12-9-2-1-3-10(11(9)13)14-6-8-4-5-15-7-8/h1-5,7,14H,6H2. The average molecular weight is 242 g/mol. The summed E-state index contributed by atoms with van der Waals surface area (Å²) in [5.74, 6) is 0. The van der Waals surface area contributed by atoms with Gasteiger partial charge in [-0.1, -0.05) is 29.3 Å². The lowest BCUT2D eigenvalue weighted by Crippen LogP contribution is -1.98. The van der Waals surface area contributed by atoms with E-state index in [1.165, 1.54) is 0 Å². The quantitative estimate of drug-likeness (QED) is 0.872. The maximum Gasteiger partial charge on any atom is 0.0952 e. The zero-order chi connectivity index (χ0) is 10.7. The molecule has 0 atom stereocenters. The van der Waals surface area contributed by atoms with Crippen LogP contribution in [0.5, 0.6) is 0 Å². The zero-order valence-electron chi connectivity index (χ0n) is 7.84. The summed E-state index contributed by atoms with van der Waals surface area (Å²) in [4.78, 5) is 0. The molecule has 0 saturated heterocycles. The third-order valence-corrected chi connectivity index (χ3v) is 2.83. The lowest BCUT2D eigenvalue weighted by Gasteiger charge is -2.07. The Hall–Kier alpha value is -1.12. The number of rotatable bonds is 3. The van der Waals surface area contributed by atoms with Gasteiger partial charge in [-0.25, -0.2) is 0 Å². The maximum atomic E-state index is 6.02. The second-order valence-electron chi connectivity index (χ2n) is 3.09. The fourth-order valence-electron chi connectivity index (χ4n) is 1.23. The Morgan fingerprint density at radius 1 is 1.20 bits per heavy atom. The van der Waals surface area contributed by atoms with Crippen LogP contribution in [0.3, 0.4) is 0 Å². The Morgan fingerprint density at radius 2 is 2.07 bits per heavy atom. The van der Waals surface area contributed by atoms with Crippen LogP contribution in [0, 0.1) is 0 Å². The van der Waals surface area contributed by atoms with E-state index in [9.17, 15) is 0 Å². The third kappa shape index (κ3) is 2.46. The molecule has 1 heterocycles. The Bertz CT molecular complexity index is 440. The molecule has 0 spiro atoms. The summed E-state index contributed by atoms with van der Waals surface area (Å²) in [5.41, 5.74) is 1.89. The van der Waals surface area contributed by atoms with Gasteiger partial charge in [0.05, 0.1) is 28.3 Å². The maximum absolute atomic E-state index is 6.02.